The molecule has 94 valence electrons. The van der Waals surface area contributed by atoms with E-state index in [1.165, 1.54) is 30.2 Å². The van der Waals surface area contributed by atoms with Gasteiger partial charge in [-0.1, -0.05) is 13.8 Å². The summed E-state index contributed by atoms with van der Waals surface area (Å²) >= 11 is 2.77. The molecule has 17 heavy (non-hydrogen) atoms. The Labute approximate surface area is 109 Å². The second kappa shape index (κ2) is 6.07. The lowest BCUT2D eigenvalue weighted by Crippen LogP contribution is -2.06. The lowest BCUT2D eigenvalue weighted by atomic mass is 10.2. The summed E-state index contributed by atoms with van der Waals surface area (Å²) in [6.07, 6.45) is 0.377. The van der Waals surface area contributed by atoms with Gasteiger partial charge in [0.2, 0.25) is 0 Å². The number of Topliss-reactive ketones (excluding diaryl/α,β-unsaturated/α-hetero) is 1. The molecule has 0 saturated heterocycles. The number of carbonyl (C=O) groups is 2. The van der Waals surface area contributed by atoms with Crippen LogP contribution in [0.1, 0.15) is 40.3 Å². The summed E-state index contributed by atoms with van der Waals surface area (Å²) < 4.78 is 5.45. The van der Waals surface area contributed by atoms with E-state index in [-0.39, 0.29) is 11.5 Å². The number of nitrogen functional groups attached to an aromatic ring is 1. The maximum Gasteiger partial charge on any atom is 0.342 e. The van der Waals surface area contributed by atoms with E-state index in [0.29, 0.717) is 16.9 Å². The first-order chi connectivity index (χ1) is 8.06. The summed E-state index contributed by atoms with van der Waals surface area (Å²) in [6, 6.07) is 0. The summed E-state index contributed by atoms with van der Waals surface area (Å²) in [4.78, 5) is 23.8. The first-order valence-electron chi connectivity index (χ1n) is 5.23. The van der Waals surface area contributed by atoms with Crippen LogP contribution in [0, 0.1) is 0 Å². The molecular weight excluding hydrogens is 258 g/mol. The zero-order valence-electron chi connectivity index (χ0n) is 10.0. The van der Waals surface area contributed by atoms with Gasteiger partial charge in [0.15, 0.2) is 5.78 Å². The minimum atomic E-state index is -0.482. The number of hydrogen-bond acceptors (Lipinski definition) is 6. The molecule has 6 heteroatoms. The molecule has 4 nitrogen and oxygen atoms in total. The number of rotatable bonds is 5. The first-order valence-corrected chi connectivity index (χ1v) is 7.03. The van der Waals surface area contributed by atoms with Crippen LogP contribution in [-0.2, 0) is 4.74 Å². The third kappa shape index (κ3) is 2.81. The SMILES string of the molecule is CCSc1sc(C(=O)CC)c(N)c1C(=O)OC. The molecule has 0 amide bonds. The summed E-state index contributed by atoms with van der Waals surface area (Å²) in [7, 11) is 1.31. The minimum Gasteiger partial charge on any atom is -0.465 e. The van der Waals surface area contributed by atoms with Gasteiger partial charge in [0, 0.05) is 6.42 Å². The second-order valence-corrected chi connectivity index (χ2v) is 5.76. The Morgan fingerprint density at radius 1 is 1.41 bits per heavy atom. The molecule has 1 aromatic rings. The van der Waals surface area contributed by atoms with Gasteiger partial charge in [-0.15, -0.1) is 23.1 Å². The molecular formula is C11H15NO3S2. The van der Waals surface area contributed by atoms with Gasteiger partial charge < -0.3 is 10.5 Å². The number of esters is 1. The van der Waals surface area contributed by atoms with E-state index in [1.807, 2.05) is 6.92 Å². The smallest absolute Gasteiger partial charge is 0.342 e. The molecule has 1 aromatic heterocycles. The van der Waals surface area contributed by atoms with E-state index in [4.69, 9.17) is 10.5 Å². The van der Waals surface area contributed by atoms with Crippen molar-refractivity contribution in [3.63, 3.8) is 0 Å². The Morgan fingerprint density at radius 3 is 2.53 bits per heavy atom. The summed E-state index contributed by atoms with van der Waals surface area (Å²) in [5.41, 5.74) is 6.45. The largest absolute Gasteiger partial charge is 0.465 e. The third-order valence-electron chi connectivity index (χ3n) is 2.15. The molecule has 0 fully saturated rings. The van der Waals surface area contributed by atoms with Gasteiger partial charge in [-0.2, -0.15) is 0 Å². The van der Waals surface area contributed by atoms with Crippen LogP contribution in [0.25, 0.3) is 0 Å². The average molecular weight is 273 g/mol. The fourth-order valence-corrected chi connectivity index (χ4v) is 3.71. The van der Waals surface area contributed by atoms with Crippen molar-refractivity contribution in [2.45, 2.75) is 24.5 Å². The van der Waals surface area contributed by atoms with Gasteiger partial charge in [0.05, 0.1) is 21.9 Å². The van der Waals surface area contributed by atoms with Gasteiger partial charge in [-0.3, -0.25) is 4.79 Å². The fraction of sp³-hybridized carbons (Fsp3) is 0.455. The Balaban J connectivity index is 3.29. The molecule has 0 aliphatic rings. The highest BCUT2D eigenvalue weighted by atomic mass is 32.2. The number of nitrogens with two attached hydrogens (primary N) is 1. The van der Waals surface area contributed by atoms with Crippen LogP contribution in [-0.4, -0.2) is 24.6 Å². The normalized spacial score (nSPS) is 10.3. The maximum absolute atomic E-state index is 11.7. The van der Waals surface area contributed by atoms with Crippen molar-refractivity contribution in [3.8, 4) is 0 Å². The standard InChI is InChI=1S/C11H15NO3S2/c1-4-6(13)9-8(12)7(10(14)15-3)11(17-9)16-5-2/h4-5,12H2,1-3H3. The predicted octanol–water partition coefficient (Wildman–Crippen LogP) is 2.82. The number of thioether (sulfide) groups is 1. The lowest BCUT2D eigenvalue weighted by molar-refractivity contribution is 0.0599. The number of thiophene rings is 1. The number of carbonyl (C=O) groups excluding carboxylic acids is 2. The van der Waals surface area contributed by atoms with Crippen molar-refractivity contribution in [1.82, 2.24) is 0 Å². The van der Waals surface area contributed by atoms with Crippen molar-refractivity contribution in [3.05, 3.63) is 10.4 Å². The molecule has 0 aliphatic carbocycles. The predicted molar refractivity (Wildman–Crippen MR) is 71.1 cm³/mol. The highest BCUT2D eigenvalue weighted by molar-refractivity contribution is 8.01. The molecule has 2 N–H and O–H groups in total. The van der Waals surface area contributed by atoms with Crippen LogP contribution in [0.3, 0.4) is 0 Å². The van der Waals surface area contributed by atoms with Crippen LogP contribution in [0.15, 0.2) is 4.21 Å². The Bertz CT molecular complexity index is 440. The second-order valence-electron chi connectivity index (χ2n) is 3.21. The van der Waals surface area contributed by atoms with E-state index < -0.39 is 5.97 Å². The zero-order valence-corrected chi connectivity index (χ0v) is 11.7. The number of ketones is 1. The highest BCUT2D eigenvalue weighted by Gasteiger charge is 2.25. The molecule has 0 saturated carbocycles. The average Bonchev–Trinajstić information content (AvgIpc) is 2.65. The first kappa shape index (κ1) is 14.1. The minimum absolute atomic E-state index is 0.0411. The number of methoxy groups -OCH3 is 1. The van der Waals surface area contributed by atoms with Crippen molar-refractivity contribution >= 4 is 40.5 Å². The van der Waals surface area contributed by atoms with Gasteiger partial charge in [-0.25, -0.2) is 4.79 Å². The number of ether oxygens (including phenoxy) is 1. The van der Waals surface area contributed by atoms with Gasteiger partial charge in [0.1, 0.15) is 5.56 Å². The van der Waals surface area contributed by atoms with Crippen LogP contribution in [0.5, 0.6) is 0 Å². The molecule has 0 aromatic carbocycles. The van der Waals surface area contributed by atoms with Crippen molar-refractivity contribution in [1.29, 1.82) is 0 Å². The van der Waals surface area contributed by atoms with Crippen molar-refractivity contribution < 1.29 is 14.3 Å². The molecule has 0 atom stereocenters. The van der Waals surface area contributed by atoms with Gasteiger partial charge >= 0.3 is 5.97 Å². The van der Waals surface area contributed by atoms with E-state index in [0.717, 1.165) is 9.96 Å². The van der Waals surface area contributed by atoms with Crippen LogP contribution in [0.4, 0.5) is 5.69 Å². The maximum atomic E-state index is 11.7. The molecule has 1 rings (SSSR count). The zero-order chi connectivity index (χ0) is 13.0. The summed E-state index contributed by atoms with van der Waals surface area (Å²) in [6.45, 7) is 3.74. The van der Waals surface area contributed by atoms with Gasteiger partial charge in [-0.05, 0) is 5.75 Å². The van der Waals surface area contributed by atoms with E-state index in [2.05, 4.69) is 0 Å². The Hall–Kier alpha value is -1.01. The lowest BCUT2D eigenvalue weighted by Gasteiger charge is -2.01. The van der Waals surface area contributed by atoms with Crippen molar-refractivity contribution in [2.24, 2.45) is 0 Å². The van der Waals surface area contributed by atoms with E-state index in [1.54, 1.807) is 6.92 Å². The summed E-state index contributed by atoms with van der Waals surface area (Å²) in [5, 5.41) is 0. The quantitative estimate of drug-likeness (QED) is 0.507. The molecule has 0 unspecified atom stereocenters. The van der Waals surface area contributed by atoms with E-state index in [9.17, 15) is 9.59 Å². The molecule has 1 heterocycles. The van der Waals surface area contributed by atoms with Gasteiger partial charge in [0.25, 0.3) is 0 Å². The number of hydrogen-bond donors (Lipinski definition) is 1. The molecule has 0 spiro atoms. The highest BCUT2D eigenvalue weighted by Crippen LogP contribution is 2.39. The molecule has 0 bridgehead atoms. The van der Waals surface area contributed by atoms with Crippen LogP contribution < -0.4 is 5.73 Å². The Kier molecular flexibility index (Phi) is 5.02. The van der Waals surface area contributed by atoms with E-state index >= 15 is 0 Å². The van der Waals surface area contributed by atoms with Crippen LogP contribution >= 0.6 is 23.1 Å². The molecule has 0 radical (unpaired) electrons. The Morgan fingerprint density at radius 2 is 2.06 bits per heavy atom. The summed E-state index contributed by atoms with van der Waals surface area (Å²) in [5.74, 6) is 0.287. The fourth-order valence-electron chi connectivity index (χ4n) is 1.32. The topological polar surface area (TPSA) is 69.4 Å². The van der Waals surface area contributed by atoms with Crippen molar-refractivity contribution in [2.75, 3.05) is 18.6 Å². The monoisotopic (exact) mass is 273 g/mol. The van der Waals surface area contributed by atoms with Crippen LogP contribution in [0.2, 0.25) is 0 Å². The molecule has 0 aliphatic heterocycles. The third-order valence-corrected chi connectivity index (χ3v) is 4.55. The number of anilines is 1.